The quantitative estimate of drug-likeness (QED) is 0.684. The monoisotopic (exact) mass is 391 g/mol. The zero-order chi connectivity index (χ0) is 17.6. The van der Waals surface area contributed by atoms with Crippen LogP contribution < -0.4 is 21.1 Å². The summed E-state index contributed by atoms with van der Waals surface area (Å²) in [4.78, 5) is 24.2. The molecule has 9 heteroatoms. The van der Waals surface area contributed by atoms with Gasteiger partial charge in [0.25, 0.3) is 0 Å². The lowest BCUT2D eigenvalue weighted by molar-refractivity contribution is -0.129. The first-order valence-electron chi connectivity index (χ1n) is 7.73. The third-order valence-electron chi connectivity index (χ3n) is 3.91. The lowest BCUT2D eigenvalue weighted by Gasteiger charge is -2.31. The van der Waals surface area contributed by atoms with E-state index in [4.69, 9.17) is 26.8 Å². The van der Waals surface area contributed by atoms with Crippen LogP contribution in [0.5, 0.6) is 5.75 Å². The summed E-state index contributed by atoms with van der Waals surface area (Å²) in [7, 11) is 1.51. The van der Waals surface area contributed by atoms with E-state index in [1.54, 1.807) is 18.2 Å². The molecular formula is C16H23Cl2N3O4. The third-order valence-corrected chi connectivity index (χ3v) is 4.15. The zero-order valence-corrected chi connectivity index (χ0v) is 15.5. The molecule has 1 heterocycles. The number of carbonyl (C=O) groups is 2. The Morgan fingerprint density at radius 1 is 1.36 bits per heavy atom. The number of benzene rings is 1. The fourth-order valence-corrected chi connectivity index (χ4v) is 2.59. The number of anilines is 1. The van der Waals surface area contributed by atoms with Crippen LogP contribution in [0.4, 0.5) is 5.69 Å². The van der Waals surface area contributed by atoms with Gasteiger partial charge in [-0.3, -0.25) is 9.59 Å². The van der Waals surface area contributed by atoms with Crippen molar-refractivity contribution in [1.82, 2.24) is 5.32 Å². The van der Waals surface area contributed by atoms with Crippen LogP contribution in [0.25, 0.3) is 0 Å². The lowest BCUT2D eigenvalue weighted by Crippen LogP contribution is -2.57. The molecule has 0 unspecified atom stereocenters. The summed E-state index contributed by atoms with van der Waals surface area (Å²) in [5.41, 5.74) is 5.65. The number of halogens is 2. The van der Waals surface area contributed by atoms with Crippen molar-refractivity contribution in [2.24, 2.45) is 5.73 Å². The number of amides is 2. The second-order valence-electron chi connectivity index (χ2n) is 5.67. The summed E-state index contributed by atoms with van der Waals surface area (Å²) in [6.07, 6.45) is 1.07. The molecule has 0 atom stereocenters. The average Bonchev–Trinajstić information content (AvgIpc) is 2.55. The van der Waals surface area contributed by atoms with Gasteiger partial charge in [0.1, 0.15) is 5.75 Å². The summed E-state index contributed by atoms with van der Waals surface area (Å²) in [5, 5.41) is 5.92. The third kappa shape index (κ3) is 6.04. The zero-order valence-electron chi connectivity index (χ0n) is 14.0. The van der Waals surface area contributed by atoms with Crippen LogP contribution in [0.15, 0.2) is 18.2 Å². The van der Waals surface area contributed by atoms with Crippen molar-refractivity contribution in [3.63, 3.8) is 0 Å². The van der Waals surface area contributed by atoms with Crippen molar-refractivity contribution in [2.45, 2.75) is 24.8 Å². The molecule has 140 valence electrons. The van der Waals surface area contributed by atoms with Gasteiger partial charge in [-0.05, 0) is 31.0 Å². The van der Waals surface area contributed by atoms with Crippen LogP contribution in [-0.4, -0.2) is 44.2 Å². The highest BCUT2D eigenvalue weighted by Crippen LogP contribution is 2.27. The Morgan fingerprint density at radius 3 is 2.68 bits per heavy atom. The van der Waals surface area contributed by atoms with E-state index >= 15 is 0 Å². The number of hydrogen-bond acceptors (Lipinski definition) is 5. The first kappa shape index (κ1) is 21.5. The van der Waals surface area contributed by atoms with Gasteiger partial charge in [-0.1, -0.05) is 11.6 Å². The molecular weight excluding hydrogens is 369 g/mol. The largest absolute Gasteiger partial charge is 0.495 e. The molecule has 0 radical (unpaired) electrons. The minimum absolute atomic E-state index is 0. The highest BCUT2D eigenvalue weighted by Gasteiger charge is 2.35. The summed E-state index contributed by atoms with van der Waals surface area (Å²) in [6.45, 7) is 1.14. The Hall–Kier alpha value is -1.54. The lowest BCUT2D eigenvalue weighted by atomic mass is 9.90. The molecule has 0 bridgehead atoms. The Labute approximate surface area is 158 Å². The highest BCUT2D eigenvalue weighted by atomic mass is 35.5. The van der Waals surface area contributed by atoms with Gasteiger partial charge in [0.15, 0.2) is 0 Å². The van der Waals surface area contributed by atoms with Crippen LogP contribution in [0.1, 0.15) is 19.3 Å². The van der Waals surface area contributed by atoms with Gasteiger partial charge < -0.3 is 25.8 Å². The van der Waals surface area contributed by atoms with Gasteiger partial charge in [-0.2, -0.15) is 0 Å². The van der Waals surface area contributed by atoms with E-state index in [1.165, 1.54) is 7.11 Å². The van der Waals surface area contributed by atoms with E-state index in [0.717, 1.165) is 0 Å². The van der Waals surface area contributed by atoms with Crippen molar-refractivity contribution < 1.29 is 19.1 Å². The first-order valence-corrected chi connectivity index (χ1v) is 8.11. The van der Waals surface area contributed by atoms with E-state index in [0.29, 0.717) is 42.5 Å². The Bertz CT molecular complexity index is 607. The molecule has 0 aromatic heterocycles. The number of hydrogen-bond donors (Lipinski definition) is 3. The second-order valence-corrected chi connectivity index (χ2v) is 6.10. The fourth-order valence-electron chi connectivity index (χ4n) is 2.42. The van der Waals surface area contributed by atoms with Gasteiger partial charge in [0.05, 0.1) is 18.3 Å². The fraction of sp³-hybridized carbons (Fsp3) is 0.500. The van der Waals surface area contributed by atoms with E-state index in [9.17, 15) is 9.59 Å². The molecule has 1 aromatic carbocycles. The maximum Gasteiger partial charge on any atom is 0.240 e. The molecule has 7 nitrogen and oxygen atoms in total. The van der Waals surface area contributed by atoms with Gasteiger partial charge >= 0.3 is 0 Å². The Morgan fingerprint density at radius 2 is 2.04 bits per heavy atom. The number of ether oxygens (including phenoxy) is 2. The maximum atomic E-state index is 12.1. The highest BCUT2D eigenvalue weighted by molar-refractivity contribution is 6.31. The smallest absolute Gasteiger partial charge is 0.240 e. The summed E-state index contributed by atoms with van der Waals surface area (Å²) >= 11 is 5.92. The van der Waals surface area contributed by atoms with Crippen LogP contribution in [0, 0.1) is 0 Å². The topological polar surface area (TPSA) is 103 Å². The van der Waals surface area contributed by atoms with E-state index in [2.05, 4.69) is 10.6 Å². The van der Waals surface area contributed by atoms with Crippen LogP contribution >= 0.6 is 24.0 Å². The molecule has 2 rings (SSSR count). The van der Waals surface area contributed by atoms with Crippen LogP contribution in [-0.2, 0) is 14.3 Å². The number of nitrogens with two attached hydrogens (primary N) is 1. The van der Waals surface area contributed by atoms with Gasteiger partial charge in [0.2, 0.25) is 11.8 Å². The second kappa shape index (κ2) is 9.82. The molecule has 0 spiro atoms. The van der Waals surface area contributed by atoms with Crippen molar-refractivity contribution in [3.8, 4) is 5.75 Å². The predicted octanol–water partition coefficient (Wildman–Crippen LogP) is 1.72. The average molecular weight is 392 g/mol. The number of carbonyl (C=O) groups excluding carboxylic acids is 2. The molecule has 1 aliphatic rings. The van der Waals surface area contributed by atoms with Crippen molar-refractivity contribution in [2.75, 3.05) is 32.2 Å². The van der Waals surface area contributed by atoms with Crippen LogP contribution in [0.2, 0.25) is 5.02 Å². The summed E-state index contributed by atoms with van der Waals surface area (Å²) in [5.74, 6) is 0.00718. The van der Waals surface area contributed by atoms with E-state index in [-0.39, 0.29) is 37.2 Å². The minimum Gasteiger partial charge on any atom is -0.495 e. The van der Waals surface area contributed by atoms with Gasteiger partial charge in [0, 0.05) is 31.2 Å². The first-order chi connectivity index (χ1) is 11.4. The number of rotatable bonds is 6. The maximum absolute atomic E-state index is 12.1. The molecule has 1 aliphatic heterocycles. The SMILES string of the molecule is COc1ccc(Cl)cc1NC(=O)CCNC(=O)C1(N)CCOCC1.Cl. The van der Waals surface area contributed by atoms with Crippen molar-refractivity contribution >= 4 is 41.5 Å². The summed E-state index contributed by atoms with van der Waals surface area (Å²) in [6, 6.07) is 4.95. The molecule has 2 amide bonds. The molecule has 1 saturated heterocycles. The number of methoxy groups -OCH3 is 1. The standard InChI is InChI=1S/C16H22ClN3O4.ClH/c1-23-13-3-2-11(17)10-12(13)20-14(21)4-7-19-15(22)16(18)5-8-24-9-6-16;/h2-3,10H,4-9,18H2,1H3,(H,19,22)(H,20,21);1H. The molecule has 1 aromatic rings. The molecule has 4 N–H and O–H groups in total. The normalized spacial score (nSPS) is 15.6. The van der Waals surface area contributed by atoms with Crippen LogP contribution in [0.3, 0.4) is 0 Å². The molecule has 1 fully saturated rings. The van der Waals surface area contributed by atoms with Gasteiger partial charge in [-0.15, -0.1) is 12.4 Å². The summed E-state index contributed by atoms with van der Waals surface area (Å²) < 4.78 is 10.4. The predicted molar refractivity (Wildman–Crippen MR) is 98.5 cm³/mol. The number of nitrogens with one attached hydrogen (secondary N) is 2. The Balaban J connectivity index is 0.00000312. The van der Waals surface area contributed by atoms with E-state index < -0.39 is 5.54 Å². The van der Waals surface area contributed by atoms with Crippen molar-refractivity contribution in [3.05, 3.63) is 23.2 Å². The molecule has 0 saturated carbocycles. The molecule has 25 heavy (non-hydrogen) atoms. The molecule has 0 aliphatic carbocycles. The van der Waals surface area contributed by atoms with Crippen molar-refractivity contribution in [1.29, 1.82) is 0 Å². The van der Waals surface area contributed by atoms with Gasteiger partial charge in [-0.25, -0.2) is 0 Å². The Kier molecular flexibility index (Phi) is 8.44. The minimum atomic E-state index is -0.912. The van der Waals surface area contributed by atoms with E-state index in [1.807, 2.05) is 0 Å².